The topological polar surface area (TPSA) is 75.0 Å². The molecule has 1 aliphatic heterocycles. The lowest BCUT2D eigenvalue weighted by Gasteiger charge is -2.29. The van der Waals surface area contributed by atoms with Crippen LogP contribution in [0.2, 0.25) is 0 Å². The van der Waals surface area contributed by atoms with Crippen LogP contribution in [0.25, 0.3) is 11.3 Å². The maximum Gasteiger partial charge on any atom is 0.307 e. The van der Waals surface area contributed by atoms with Crippen LogP contribution in [0.1, 0.15) is 24.0 Å². The van der Waals surface area contributed by atoms with Gasteiger partial charge in [-0.2, -0.15) is 0 Å². The molecule has 27 heavy (non-hydrogen) atoms. The second-order valence-corrected chi connectivity index (χ2v) is 6.80. The quantitative estimate of drug-likeness (QED) is 0.462. The number of oxime groups is 1. The molecular weight excluding hydrogens is 342 g/mol. The fourth-order valence-electron chi connectivity index (χ4n) is 3.36. The van der Waals surface area contributed by atoms with Crippen molar-refractivity contribution in [2.45, 2.75) is 19.8 Å². The Kier molecular flexibility index (Phi) is 6.54. The molecule has 1 saturated heterocycles. The number of benzene rings is 1. The summed E-state index contributed by atoms with van der Waals surface area (Å²) in [6.45, 7) is 4.67. The van der Waals surface area contributed by atoms with Crippen LogP contribution in [-0.4, -0.2) is 53.4 Å². The third kappa shape index (κ3) is 5.14. The Balaban J connectivity index is 1.55. The first-order valence-corrected chi connectivity index (χ1v) is 9.26. The molecule has 6 nitrogen and oxygen atoms in total. The number of aromatic nitrogens is 1. The van der Waals surface area contributed by atoms with E-state index in [1.807, 2.05) is 30.3 Å². The first kappa shape index (κ1) is 19.0. The predicted octanol–water partition coefficient (Wildman–Crippen LogP) is 3.20. The van der Waals surface area contributed by atoms with Crippen LogP contribution >= 0.6 is 0 Å². The summed E-state index contributed by atoms with van der Waals surface area (Å²) in [5.41, 5.74) is 4.01. The van der Waals surface area contributed by atoms with Gasteiger partial charge in [0.2, 0.25) is 0 Å². The van der Waals surface area contributed by atoms with Crippen molar-refractivity contribution in [3.8, 4) is 11.3 Å². The number of hydrogen-bond donors (Lipinski definition) is 1. The highest BCUT2D eigenvalue weighted by Gasteiger charge is 2.24. The van der Waals surface area contributed by atoms with Gasteiger partial charge in [-0.1, -0.05) is 29.4 Å². The molecule has 1 N–H and O–H groups in total. The maximum absolute atomic E-state index is 11.1. The zero-order chi connectivity index (χ0) is 19.1. The number of rotatable bonds is 7. The Morgan fingerprint density at radius 3 is 3.04 bits per heavy atom. The number of piperidine rings is 1. The van der Waals surface area contributed by atoms with E-state index in [2.05, 4.69) is 28.0 Å². The van der Waals surface area contributed by atoms with Crippen molar-refractivity contribution in [1.29, 1.82) is 0 Å². The maximum atomic E-state index is 11.1. The van der Waals surface area contributed by atoms with Crippen molar-refractivity contribution in [2.75, 3.05) is 26.2 Å². The fourth-order valence-corrected chi connectivity index (χ4v) is 3.36. The van der Waals surface area contributed by atoms with Gasteiger partial charge >= 0.3 is 5.97 Å². The molecule has 3 rings (SSSR count). The van der Waals surface area contributed by atoms with Gasteiger partial charge in [-0.3, -0.25) is 14.7 Å². The van der Waals surface area contributed by atoms with Crippen molar-refractivity contribution in [1.82, 2.24) is 9.88 Å². The van der Waals surface area contributed by atoms with E-state index in [0.717, 1.165) is 41.8 Å². The SMILES string of the molecule is Cc1ccccc1-c1ncccc1/C=N/OCCN1CCCC(C(=O)O)C1. The summed E-state index contributed by atoms with van der Waals surface area (Å²) >= 11 is 0. The van der Waals surface area contributed by atoms with Crippen molar-refractivity contribution in [3.63, 3.8) is 0 Å². The molecule has 1 aliphatic rings. The Labute approximate surface area is 159 Å². The van der Waals surface area contributed by atoms with Crippen LogP contribution in [0.5, 0.6) is 0 Å². The van der Waals surface area contributed by atoms with Crippen molar-refractivity contribution in [3.05, 3.63) is 53.7 Å². The third-order valence-corrected chi connectivity index (χ3v) is 4.86. The van der Waals surface area contributed by atoms with Crippen molar-refractivity contribution >= 4 is 12.2 Å². The van der Waals surface area contributed by atoms with E-state index in [4.69, 9.17) is 9.94 Å². The highest BCUT2D eigenvalue weighted by molar-refractivity contribution is 5.88. The highest BCUT2D eigenvalue weighted by Crippen LogP contribution is 2.23. The Hall–Kier alpha value is -2.73. The molecule has 0 radical (unpaired) electrons. The summed E-state index contributed by atoms with van der Waals surface area (Å²) in [5, 5.41) is 13.2. The van der Waals surface area contributed by atoms with Gasteiger partial charge in [-0.05, 0) is 44.0 Å². The molecule has 1 aromatic heterocycles. The molecule has 2 aromatic rings. The van der Waals surface area contributed by atoms with E-state index >= 15 is 0 Å². The lowest BCUT2D eigenvalue weighted by molar-refractivity contribution is -0.143. The van der Waals surface area contributed by atoms with Crippen LogP contribution in [0.3, 0.4) is 0 Å². The Morgan fingerprint density at radius 2 is 2.22 bits per heavy atom. The van der Waals surface area contributed by atoms with E-state index in [1.165, 1.54) is 0 Å². The van der Waals surface area contributed by atoms with Gasteiger partial charge in [-0.25, -0.2) is 0 Å². The van der Waals surface area contributed by atoms with Gasteiger partial charge < -0.3 is 9.94 Å². The minimum atomic E-state index is -0.709. The number of carboxylic acids is 1. The van der Waals surface area contributed by atoms with Gasteiger partial charge in [0.25, 0.3) is 0 Å². The molecule has 1 unspecified atom stereocenters. The molecule has 0 aliphatic carbocycles. The number of hydrogen-bond acceptors (Lipinski definition) is 5. The smallest absolute Gasteiger partial charge is 0.307 e. The molecule has 142 valence electrons. The molecule has 1 atom stereocenters. The second kappa shape index (κ2) is 9.28. The number of likely N-dealkylation sites (tertiary alicyclic amines) is 1. The number of pyridine rings is 1. The van der Waals surface area contributed by atoms with Crippen LogP contribution in [-0.2, 0) is 9.63 Å². The summed E-state index contributed by atoms with van der Waals surface area (Å²) in [4.78, 5) is 23.2. The summed E-state index contributed by atoms with van der Waals surface area (Å²) in [5.74, 6) is -0.978. The first-order chi connectivity index (χ1) is 13.1. The standard InChI is InChI=1S/C21H25N3O3/c1-16-6-2-3-9-19(16)20-17(7-4-10-22-20)14-23-27-13-12-24-11-5-8-18(15-24)21(25)26/h2-4,6-7,9-10,14,18H,5,8,11-13,15H2,1H3,(H,25,26)/b23-14+. The van der Waals surface area contributed by atoms with Crippen LogP contribution in [0.15, 0.2) is 47.8 Å². The second-order valence-electron chi connectivity index (χ2n) is 6.80. The molecular formula is C21H25N3O3. The minimum absolute atomic E-state index is 0.269. The molecule has 0 saturated carbocycles. The number of aliphatic carboxylic acids is 1. The lowest BCUT2D eigenvalue weighted by atomic mass is 9.98. The van der Waals surface area contributed by atoms with Crippen LogP contribution < -0.4 is 0 Å². The summed E-state index contributed by atoms with van der Waals surface area (Å²) in [6, 6.07) is 12.0. The molecule has 1 fully saturated rings. The highest BCUT2D eigenvalue weighted by atomic mass is 16.6. The number of aryl methyl sites for hydroxylation is 1. The monoisotopic (exact) mass is 367 g/mol. The van der Waals surface area contributed by atoms with Crippen LogP contribution in [0.4, 0.5) is 0 Å². The van der Waals surface area contributed by atoms with Gasteiger partial charge in [0.05, 0.1) is 17.8 Å². The zero-order valence-corrected chi connectivity index (χ0v) is 15.5. The predicted molar refractivity (Wildman–Crippen MR) is 105 cm³/mol. The van der Waals surface area contributed by atoms with E-state index in [1.54, 1.807) is 12.4 Å². The largest absolute Gasteiger partial charge is 0.481 e. The van der Waals surface area contributed by atoms with E-state index < -0.39 is 5.97 Å². The number of nitrogens with zero attached hydrogens (tertiary/aromatic N) is 3. The third-order valence-electron chi connectivity index (χ3n) is 4.86. The van der Waals surface area contributed by atoms with Gasteiger partial charge in [-0.15, -0.1) is 0 Å². The normalized spacial score (nSPS) is 17.9. The zero-order valence-electron chi connectivity index (χ0n) is 15.5. The molecule has 0 amide bonds. The van der Waals surface area contributed by atoms with Crippen molar-refractivity contribution < 1.29 is 14.7 Å². The van der Waals surface area contributed by atoms with E-state index in [0.29, 0.717) is 19.7 Å². The molecule has 1 aromatic carbocycles. The Bertz CT molecular complexity index is 807. The molecule has 0 bridgehead atoms. The van der Waals surface area contributed by atoms with E-state index in [-0.39, 0.29) is 5.92 Å². The lowest BCUT2D eigenvalue weighted by Crippen LogP contribution is -2.40. The summed E-state index contributed by atoms with van der Waals surface area (Å²) in [6.07, 6.45) is 5.13. The van der Waals surface area contributed by atoms with Gasteiger partial charge in [0.15, 0.2) is 0 Å². The molecule has 2 heterocycles. The molecule has 6 heteroatoms. The summed E-state index contributed by atoms with van der Waals surface area (Å²) in [7, 11) is 0. The Morgan fingerprint density at radius 1 is 1.37 bits per heavy atom. The first-order valence-electron chi connectivity index (χ1n) is 9.26. The fraction of sp³-hybridized carbons (Fsp3) is 0.381. The van der Waals surface area contributed by atoms with Crippen LogP contribution in [0, 0.1) is 12.8 Å². The van der Waals surface area contributed by atoms with Gasteiger partial charge in [0.1, 0.15) is 6.61 Å². The molecule has 0 spiro atoms. The average molecular weight is 367 g/mol. The average Bonchev–Trinajstić information content (AvgIpc) is 2.69. The van der Waals surface area contributed by atoms with Crippen molar-refractivity contribution in [2.24, 2.45) is 11.1 Å². The summed E-state index contributed by atoms with van der Waals surface area (Å²) < 4.78 is 0. The number of carboxylic acid groups (broad SMARTS) is 1. The number of carbonyl (C=O) groups is 1. The minimum Gasteiger partial charge on any atom is -0.481 e. The van der Waals surface area contributed by atoms with Gasteiger partial charge in [0, 0.05) is 30.4 Å². The van der Waals surface area contributed by atoms with E-state index in [9.17, 15) is 4.79 Å².